The van der Waals surface area contributed by atoms with Crippen LogP contribution < -0.4 is 5.32 Å². The van der Waals surface area contributed by atoms with Crippen molar-refractivity contribution < 1.29 is 0 Å². The number of nitrogens with one attached hydrogen (secondary N) is 1. The molecule has 4 atom stereocenters. The Morgan fingerprint density at radius 3 is 2.89 bits per heavy atom. The average molecular weight is 261 g/mol. The molecule has 19 heavy (non-hydrogen) atoms. The first kappa shape index (κ1) is 13.2. The van der Waals surface area contributed by atoms with Gasteiger partial charge in [0.25, 0.3) is 0 Å². The molecule has 1 aromatic heterocycles. The predicted octanol–water partition coefficient (Wildman–Crippen LogP) is 2.77. The van der Waals surface area contributed by atoms with Gasteiger partial charge in [0.15, 0.2) is 0 Å². The van der Waals surface area contributed by atoms with Gasteiger partial charge >= 0.3 is 0 Å². The number of nitrogens with zero attached hydrogens (tertiary/aromatic N) is 2. The average Bonchev–Trinajstić information content (AvgIpc) is 3.10. The van der Waals surface area contributed by atoms with E-state index in [9.17, 15) is 0 Å². The maximum absolute atomic E-state index is 4.31. The van der Waals surface area contributed by atoms with Crippen molar-refractivity contribution in [3.8, 4) is 0 Å². The highest BCUT2D eigenvalue weighted by atomic mass is 15.2. The first-order valence-corrected chi connectivity index (χ1v) is 7.97. The zero-order chi connectivity index (χ0) is 13.2. The number of hydrogen-bond acceptors (Lipinski definition) is 2. The normalized spacial score (nSPS) is 30.9. The fourth-order valence-electron chi connectivity index (χ4n) is 4.32. The molecule has 2 bridgehead atoms. The Balaban J connectivity index is 1.66. The van der Waals surface area contributed by atoms with E-state index >= 15 is 0 Å². The molecule has 0 amide bonds. The number of hydrogen-bond donors (Lipinski definition) is 1. The first-order valence-electron chi connectivity index (χ1n) is 7.97. The van der Waals surface area contributed by atoms with Gasteiger partial charge in [-0.25, -0.2) is 0 Å². The molecule has 0 aliphatic heterocycles. The highest BCUT2D eigenvalue weighted by Crippen LogP contribution is 2.49. The van der Waals surface area contributed by atoms with Crippen LogP contribution in [0.5, 0.6) is 0 Å². The van der Waals surface area contributed by atoms with Crippen LogP contribution in [-0.4, -0.2) is 22.4 Å². The van der Waals surface area contributed by atoms with Crippen LogP contribution in [0.4, 0.5) is 0 Å². The summed E-state index contributed by atoms with van der Waals surface area (Å²) in [6.07, 6.45) is 12.5. The molecule has 3 nitrogen and oxygen atoms in total. The molecule has 0 aromatic carbocycles. The lowest BCUT2D eigenvalue weighted by atomic mass is 9.81. The SMILES string of the molecule is CCCNC(Cc1cnn(C)c1)C1CC2CCC1C2. The highest BCUT2D eigenvalue weighted by molar-refractivity contribution is 5.08. The van der Waals surface area contributed by atoms with Crippen molar-refractivity contribution in [1.82, 2.24) is 15.1 Å². The Bertz CT molecular complexity index is 412. The molecule has 2 aliphatic carbocycles. The summed E-state index contributed by atoms with van der Waals surface area (Å²) in [6, 6.07) is 0.666. The molecule has 3 rings (SSSR count). The van der Waals surface area contributed by atoms with Gasteiger partial charge in [-0.2, -0.15) is 5.10 Å². The lowest BCUT2D eigenvalue weighted by molar-refractivity contribution is 0.247. The number of aryl methyl sites for hydroxylation is 1. The summed E-state index contributed by atoms with van der Waals surface area (Å²) in [7, 11) is 2.01. The Morgan fingerprint density at radius 2 is 2.32 bits per heavy atom. The standard InChI is InChI=1S/C16H27N3/c1-3-6-17-16(9-13-10-18-19(2)11-13)15-8-12-4-5-14(15)7-12/h10-12,14-17H,3-9H2,1-2H3. The van der Waals surface area contributed by atoms with Gasteiger partial charge in [0.05, 0.1) is 6.20 Å². The van der Waals surface area contributed by atoms with Crippen molar-refractivity contribution in [3.05, 3.63) is 18.0 Å². The molecule has 2 saturated carbocycles. The minimum Gasteiger partial charge on any atom is -0.313 e. The molecule has 0 spiro atoms. The van der Waals surface area contributed by atoms with Gasteiger partial charge in [0, 0.05) is 19.3 Å². The lowest BCUT2D eigenvalue weighted by Gasteiger charge is -2.31. The molecule has 4 unspecified atom stereocenters. The molecule has 3 heteroatoms. The third-order valence-electron chi connectivity index (χ3n) is 5.18. The quantitative estimate of drug-likeness (QED) is 0.853. The van der Waals surface area contributed by atoms with Crippen molar-refractivity contribution in [1.29, 1.82) is 0 Å². The van der Waals surface area contributed by atoms with Crippen LogP contribution in [0.1, 0.15) is 44.6 Å². The van der Waals surface area contributed by atoms with Crippen LogP contribution in [0.15, 0.2) is 12.4 Å². The van der Waals surface area contributed by atoms with Gasteiger partial charge < -0.3 is 5.32 Å². The van der Waals surface area contributed by atoms with Gasteiger partial charge in [-0.15, -0.1) is 0 Å². The molecule has 1 aromatic rings. The summed E-state index contributed by atoms with van der Waals surface area (Å²) in [5.74, 6) is 2.94. The molecule has 1 heterocycles. The summed E-state index contributed by atoms with van der Waals surface area (Å²) in [5.41, 5.74) is 1.39. The van der Waals surface area contributed by atoms with Crippen molar-refractivity contribution >= 4 is 0 Å². The Labute approximate surface area is 116 Å². The minimum atomic E-state index is 0.666. The maximum atomic E-state index is 4.31. The molecule has 0 radical (unpaired) electrons. The van der Waals surface area contributed by atoms with E-state index in [4.69, 9.17) is 0 Å². The highest BCUT2D eigenvalue weighted by Gasteiger charge is 2.42. The topological polar surface area (TPSA) is 29.9 Å². The van der Waals surface area contributed by atoms with Gasteiger partial charge in [-0.1, -0.05) is 13.3 Å². The zero-order valence-corrected chi connectivity index (χ0v) is 12.3. The van der Waals surface area contributed by atoms with Gasteiger partial charge in [0.2, 0.25) is 0 Å². The molecule has 1 N–H and O–H groups in total. The summed E-state index contributed by atoms with van der Waals surface area (Å²) in [4.78, 5) is 0. The maximum Gasteiger partial charge on any atom is 0.0522 e. The Hall–Kier alpha value is -0.830. The van der Waals surface area contributed by atoms with Crippen molar-refractivity contribution in [2.45, 2.75) is 51.5 Å². The second kappa shape index (κ2) is 5.66. The van der Waals surface area contributed by atoms with Crippen LogP contribution in [0.3, 0.4) is 0 Å². The molecule has 2 aliphatic rings. The van der Waals surface area contributed by atoms with E-state index < -0.39 is 0 Å². The zero-order valence-electron chi connectivity index (χ0n) is 12.3. The first-order chi connectivity index (χ1) is 9.26. The van der Waals surface area contributed by atoms with Crippen LogP contribution in [0.25, 0.3) is 0 Å². The largest absolute Gasteiger partial charge is 0.313 e. The third kappa shape index (κ3) is 2.86. The van der Waals surface area contributed by atoms with Crippen molar-refractivity contribution in [2.24, 2.45) is 24.8 Å². The number of rotatable bonds is 6. The fraction of sp³-hybridized carbons (Fsp3) is 0.812. The fourth-order valence-corrected chi connectivity index (χ4v) is 4.32. The van der Waals surface area contributed by atoms with Gasteiger partial charge in [-0.3, -0.25) is 4.68 Å². The second-order valence-corrected chi connectivity index (χ2v) is 6.63. The van der Waals surface area contributed by atoms with Gasteiger partial charge in [0.1, 0.15) is 0 Å². The number of aromatic nitrogens is 2. The van der Waals surface area contributed by atoms with Crippen LogP contribution in [0.2, 0.25) is 0 Å². The molecule has 0 saturated heterocycles. The van der Waals surface area contributed by atoms with E-state index in [2.05, 4.69) is 23.5 Å². The summed E-state index contributed by atoms with van der Waals surface area (Å²) in [5, 5.41) is 8.13. The minimum absolute atomic E-state index is 0.666. The Morgan fingerprint density at radius 1 is 1.42 bits per heavy atom. The van der Waals surface area contributed by atoms with Gasteiger partial charge in [-0.05, 0) is 62.0 Å². The van der Waals surface area contributed by atoms with E-state index in [-0.39, 0.29) is 0 Å². The smallest absolute Gasteiger partial charge is 0.0522 e. The summed E-state index contributed by atoms with van der Waals surface area (Å²) >= 11 is 0. The number of fused-ring (bicyclic) bond motifs is 2. The summed E-state index contributed by atoms with van der Waals surface area (Å²) < 4.78 is 1.92. The Kier molecular flexibility index (Phi) is 3.92. The van der Waals surface area contributed by atoms with Crippen molar-refractivity contribution in [2.75, 3.05) is 6.54 Å². The summed E-state index contributed by atoms with van der Waals surface area (Å²) in [6.45, 7) is 3.41. The third-order valence-corrected chi connectivity index (χ3v) is 5.18. The lowest BCUT2D eigenvalue weighted by Crippen LogP contribution is -2.40. The molecule has 106 valence electrons. The van der Waals surface area contributed by atoms with Crippen molar-refractivity contribution in [3.63, 3.8) is 0 Å². The van der Waals surface area contributed by atoms with Crippen LogP contribution in [0, 0.1) is 17.8 Å². The second-order valence-electron chi connectivity index (χ2n) is 6.63. The predicted molar refractivity (Wildman–Crippen MR) is 77.9 cm³/mol. The molecular formula is C16H27N3. The molecular weight excluding hydrogens is 234 g/mol. The van der Waals surface area contributed by atoms with Crippen LogP contribution >= 0.6 is 0 Å². The van der Waals surface area contributed by atoms with Crippen LogP contribution in [-0.2, 0) is 13.5 Å². The van der Waals surface area contributed by atoms with E-state index in [1.807, 2.05) is 17.9 Å². The molecule has 2 fully saturated rings. The van der Waals surface area contributed by atoms with E-state index in [0.717, 1.165) is 30.7 Å². The monoisotopic (exact) mass is 261 g/mol. The van der Waals surface area contributed by atoms with E-state index in [1.165, 1.54) is 37.7 Å². The van der Waals surface area contributed by atoms with E-state index in [1.54, 1.807) is 0 Å². The van der Waals surface area contributed by atoms with E-state index in [0.29, 0.717) is 6.04 Å².